The Hall–Kier alpha value is 0.604. The predicted molar refractivity (Wildman–Crippen MR) is 73.1 cm³/mol. The van der Waals surface area contributed by atoms with Gasteiger partial charge >= 0.3 is 95.7 Å². The molecule has 2 heteroatoms. The van der Waals surface area contributed by atoms with E-state index in [9.17, 15) is 0 Å². The summed E-state index contributed by atoms with van der Waals surface area (Å²) in [5.74, 6) is 0. The SMILES string of the molecule is CCB(CC)C(CC)=[C](C)[Sn]([CH3])([CH3])[CH3]. The van der Waals surface area contributed by atoms with Gasteiger partial charge < -0.3 is 0 Å². The molecule has 0 nitrogen and oxygen atoms in total. The fourth-order valence-electron chi connectivity index (χ4n) is 2.12. The molecule has 0 saturated heterocycles. The Labute approximate surface area is 95.5 Å². The second-order valence-corrected chi connectivity index (χ2v) is 20.3. The fraction of sp³-hybridized carbons (Fsp3) is 0.833. The van der Waals surface area contributed by atoms with Crippen LogP contribution in [0.25, 0.3) is 0 Å². The van der Waals surface area contributed by atoms with Gasteiger partial charge in [0, 0.05) is 0 Å². The molecule has 0 amide bonds. The van der Waals surface area contributed by atoms with Crippen molar-refractivity contribution in [3.8, 4) is 0 Å². The molecule has 0 aromatic rings. The molecule has 82 valence electrons. The van der Waals surface area contributed by atoms with Crippen molar-refractivity contribution in [1.82, 2.24) is 0 Å². The molecule has 0 unspecified atom stereocenters. The van der Waals surface area contributed by atoms with E-state index in [1.165, 1.54) is 19.1 Å². The van der Waals surface area contributed by atoms with Gasteiger partial charge in [0.2, 0.25) is 0 Å². The van der Waals surface area contributed by atoms with Gasteiger partial charge in [0.1, 0.15) is 0 Å². The van der Waals surface area contributed by atoms with Crippen LogP contribution in [0, 0.1) is 0 Å². The topological polar surface area (TPSA) is 0 Å². The zero-order chi connectivity index (χ0) is 11.4. The molecule has 0 bridgehead atoms. The molecule has 0 saturated carbocycles. The predicted octanol–water partition coefficient (Wildman–Crippen LogP) is 4.66. The Morgan fingerprint density at radius 1 is 1.00 bits per heavy atom. The van der Waals surface area contributed by atoms with Crippen LogP contribution < -0.4 is 0 Å². The molecule has 14 heavy (non-hydrogen) atoms. The minimum absolute atomic E-state index is 0.857. The van der Waals surface area contributed by atoms with Crippen molar-refractivity contribution in [3.63, 3.8) is 0 Å². The van der Waals surface area contributed by atoms with Gasteiger partial charge in [-0.1, -0.05) is 0 Å². The van der Waals surface area contributed by atoms with Crippen LogP contribution in [0.1, 0.15) is 34.1 Å². The normalized spacial score (nSPS) is 13.9. The molecule has 0 aromatic carbocycles. The molecule has 0 spiro atoms. The maximum absolute atomic E-state index is 2.53. The molecule has 0 heterocycles. The van der Waals surface area contributed by atoms with Gasteiger partial charge in [0.15, 0.2) is 0 Å². The van der Waals surface area contributed by atoms with Gasteiger partial charge in [-0.25, -0.2) is 0 Å². The van der Waals surface area contributed by atoms with Crippen LogP contribution in [0.2, 0.25) is 27.5 Å². The van der Waals surface area contributed by atoms with E-state index >= 15 is 0 Å². The van der Waals surface area contributed by atoms with Crippen molar-refractivity contribution >= 4 is 25.1 Å². The third-order valence-corrected chi connectivity index (χ3v) is 10.8. The Morgan fingerprint density at radius 2 is 1.43 bits per heavy atom. The molecule has 0 aliphatic rings. The summed E-state index contributed by atoms with van der Waals surface area (Å²) in [4.78, 5) is 7.59. The number of rotatable bonds is 5. The van der Waals surface area contributed by atoms with E-state index in [0.29, 0.717) is 0 Å². The van der Waals surface area contributed by atoms with Gasteiger partial charge in [-0.2, -0.15) is 0 Å². The van der Waals surface area contributed by atoms with E-state index in [2.05, 4.69) is 42.5 Å². The second-order valence-electron chi connectivity index (χ2n) is 5.27. The molecule has 0 radical (unpaired) electrons. The van der Waals surface area contributed by atoms with Crippen LogP contribution in [-0.4, -0.2) is 25.1 Å². The van der Waals surface area contributed by atoms with Gasteiger partial charge in [-0.05, 0) is 0 Å². The Morgan fingerprint density at radius 3 is 1.64 bits per heavy atom. The van der Waals surface area contributed by atoms with Gasteiger partial charge in [-0.3, -0.25) is 0 Å². The van der Waals surface area contributed by atoms with Crippen molar-refractivity contribution in [2.24, 2.45) is 0 Å². The van der Waals surface area contributed by atoms with Crippen molar-refractivity contribution in [1.29, 1.82) is 0 Å². The molecular weight excluding hydrogens is 274 g/mol. The van der Waals surface area contributed by atoms with Gasteiger partial charge in [-0.15, -0.1) is 0 Å². The molecule has 0 atom stereocenters. The first-order valence-corrected chi connectivity index (χ1v) is 16.1. The molecule has 0 aliphatic carbocycles. The van der Waals surface area contributed by atoms with Crippen LogP contribution in [-0.2, 0) is 0 Å². The minimum atomic E-state index is -1.78. The Kier molecular flexibility index (Phi) is 6.51. The van der Waals surface area contributed by atoms with Crippen LogP contribution in [0.3, 0.4) is 0 Å². The van der Waals surface area contributed by atoms with Gasteiger partial charge in [0.25, 0.3) is 0 Å². The second kappa shape index (κ2) is 6.24. The van der Waals surface area contributed by atoms with E-state index in [1.54, 1.807) is 5.47 Å². The Bertz CT molecular complexity index is 197. The summed E-state index contributed by atoms with van der Waals surface area (Å²) >= 11 is -1.78. The summed E-state index contributed by atoms with van der Waals surface area (Å²) in [6.45, 7) is 10.3. The molecule has 0 aromatic heterocycles. The first-order valence-electron chi connectivity index (χ1n) is 6.08. The fourth-order valence-corrected chi connectivity index (χ4v) is 5.96. The standard InChI is InChI=1S/C9H18B.3CH3.Sn/c1-5-9(6-2)10(7-3)8-4;;;;/h5,7-8H2,1-4H3;3*1H3;. The van der Waals surface area contributed by atoms with Crippen LogP contribution in [0.15, 0.2) is 9.06 Å². The molecule has 0 N–H and O–H groups in total. The summed E-state index contributed by atoms with van der Waals surface area (Å²) in [6, 6.07) is 0. The molecule has 0 fully saturated rings. The third-order valence-electron chi connectivity index (χ3n) is 3.47. The number of hydrogen-bond donors (Lipinski definition) is 0. The zero-order valence-corrected chi connectivity index (χ0v) is 14.1. The summed E-state index contributed by atoms with van der Waals surface area (Å²) in [7, 11) is 0. The van der Waals surface area contributed by atoms with Crippen LogP contribution >= 0.6 is 0 Å². The van der Waals surface area contributed by atoms with E-state index < -0.39 is 18.4 Å². The van der Waals surface area contributed by atoms with Crippen molar-refractivity contribution in [3.05, 3.63) is 9.06 Å². The third kappa shape index (κ3) is 4.00. The molecule has 0 rings (SSSR count). The van der Waals surface area contributed by atoms with E-state index in [-0.39, 0.29) is 0 Å². The molecule has 0 aliphatic heterocycles. The first kappa shape index (κ1) is 14.6. The van der Waals surface area contributed by atoms with Crippen LogP contribution in [0.4, 0.5) is 0 Å². The summed E-state index contributed by atoms with van der Waals surface area (Å²) in [5.41, 5.74) is 1.79. The average Bonchev–Trinajstić information content (AvgIpc) is 2.11. The zero-order valence-electron chi connectivity index (χ0n) is 11.2. The molecular formula is C12H27BSn. The quantitative estimate of drug-likeness (QED) is 0.648. The van der Waals surface area contributed by atoms with E-state index in [0.717, 1.165) is 6.71 Å². The van der Waals surface area contributed by atoms with Crippen LogP contribution in [0.5, 0.6) is 0 Å². The van der Waals surface area contributed by atoms with E-state index in [1.807, 2.05) is 3.59 Å². The van der Waals surface area contributed by atoms with Crippen molar-refractivity contribution in [2.75, 3.05) is 0 Å². The average molecular weight is 301 g/mol. The number of allylic oxidation sites excluding steroid dienone is 2. The first-order chi connectivity index (χ1) is 6.38. The monoisotopic (exact) mass is 302 g/mol. The van der Waals surface area contributed by atoms with Crippen molar-refractivity contribution in [2.45, 2.75) is 61.6 Å². The summed E-state index contributed by atoms with van der Waals surface area (Å²) in [5, 5.41) is 0. The van der Waals surface area contributed by atoms with Gasteiger partial charge in [0.05, 0.1) is 0 Å². The summed E-state index contributed by atoms with van der Waals surface area (Å²) in [6.07, 6.45) is 3.91. The van der Waals surface area contributed by atoms with E-state index in [4.69, 9.17) is 0 Å². The number of hydrogen-bond acceptors (Lipinski definition) is 0. The van der Waals surface area contributed by atoms with Crippen molar-refractivity contribution < 1.29 is 0 Å². The Balaban J connectivity index is 5.01. The summed E-state index contributed by atoms with van der Waals surface area (Å²) < 4.78 is 1.82. The maximum atomic E-state index is 2.53.